The molecule has 0 aliphatic carbocycles. The van der Waals surface area contributed by atoms with Crippen LogP contribution in [-0.4, -0.2) is 10.8 Å². The largest absolute Gasteiger partial charge is 0.289 e. The van der Waals surface area contributed by atoms with Crippen LogP contribution in [0.15, 0.2) is 42.6 Å². The number of aromatic nitrogens is 1. The Morgan fingerprint density at radius 2 is 1.95 bits per heavy atom. The number of carbonyl (C=O) groups excluding carboxylic acids is 1. The summed E-state index contributed by atoms with van der Waals surface area (Å²) in [6.45, 7) is 1.82. The molecule has 2 rings (SSSR count). The zero-order valence-corrected chi connectivity index (χ0v) is 11.7. The average Bonchev–Trinajstić information content (AvgIpc) is 2.41. The van der Waals surface area contributed by atoms with Crippen molar-refractivity contribution in [2.75, 3.05) is 0 Å². The maximum Gasteiger partial charge on any atom is 0.186 e. The summed E-state index contributed by atoms with van der Waals surface area (Å²) in [6.07, 6.45) is 4.83. The highest BCUT2D eigenvalue weighted by Crippen LogP contribution is 2.26. The lowest BCUT2D eigenvalue weighted by atomic mass is 10.0. The van der Waals surface area contributed by atoms with Crippen LogP contribution in [0.1, 0.15) is 21.6 Å². The molecular weight excluding hydrogens is 281 g/mol. The van der Waals surface area contributed by atoms with Gasteiger partial charge >= 0.3 is 0 Å². The summed E-state index contributed by atoms with van der Waals surface area (Å²) in [7, 11) is 0. The van der Waals surface area contributed by atoms with Gasteiger partial charge in [0.25, 0.3) is 0 Å². The van der Waals surface area contributed by atoms with Gasteiger partial charge in [0.15, 0.2) is 5.78 Å². The molecule has 0 unspecified atom stereocenters. The Morgan fingerprint density at radius 1 is 1.21 bits per heavy atom. The van der Waals surface area contributed by atoms with Gasteiger partial charge in [0.1, 0.15) is 0 Å². The normalized spacial score (nSPS) is 10.9. The average molecular weight is 292 g/mol. The standard InChI is InChI=1S/C15H11Cl2NO/c1-10-8-13(16)14(17)9-12(10)15(19)6-5-11-4-2-3-7-18-11/h2-9H,1H3. The summed E-state index contributed by atoms with van der Waals surface area (Å²) in [6, 6.07) is 8.78. The molecule has 4 heteroatoms. The van der Waals surface area contributed by atoms with Crippen molar-refractivity contribution >= 4 is 35.1 Å². The number of carbonyl (C=O) groups is 1. The topological polar surface area (TPSA) is 30.0 Å². The number of ketones is 1. The number of hydrogen-bond donors (Lipinski definition) is 0. The van der Waals surface area contributed by atoms with Gasteiger partial charge in [-0.1, -0.05) is 29.3 Å². The van der Waals surface area contributed by atoms with Crippen molar-refractivity contribution in [3.8, 4) is 0 Å². The van der Waals surface area contributed by atoms with Crippen LogP contribution in [-0.2, 0) is 0 Å². The summed E-state index contributed by atoms with van der Waals surface area (Å²) >= 11 is 11.8. The fraction of sp³-hybridized carbons (Fsp3) is 0.0667. The van der Waals surface area contributed by atoms with Crippen molar-refractivity contribution in [2.24, 2.45) is 0 Å². The summed E-state index contributed by atoms with van der Waals surface area (Å²) in [5.41, 5.74) is 2.07. The molecule has 96 valence electrons. The number of nitrogens with zero attached hydrogens (tertiary/aromatic N) is 1. The molecule has 0 spiro atoms. The minimum atomic E-state index is -0.123. The van der Waals surface area contributed by atoms with Gasteiger partial charge in [-0.2, -0.15) is 0 Å². The van der Waals surface area contributed by atoms with Crippen molar-refractivity contribution < 1.29 is 4.79 Å². The molecule has 0 radical (unpaired) electrons. The van der Waals surface area contributed by atoms with Crippen LogP contribution < -0.4 is 0 Å². The van der Waals surface area contributed by atoms with Crippen molar-refractivity contribution in [3.63, 3.8) is 0 Å². The van der Waals surface area contributed by atoms with E-state index >= 15 is 0 Å². The third-order valence-electron chi connectivity index (χ3n) is 2.63. The molecule has 0 atom stereocenters. The molecule has 2 aromatic rings. The van der Waals surface area contributed by atoms with Crippen LogP contribution in [0, 0.1) is 6.92 Å². The van der Waals surface area contributed by atoms with Crippen LogP contribution in [0.2, 0.25) is 10.0 Å². The maximum absolute atomic E-state index is 12.1. The van der Waals surface area contributed by atoms with Crippen LogP contribution in [0.5, 0.6) is 0 Å². The highest BCUT2D eigenvalue weighted by atomic mass is 35.5. The lowest BCUT2D eigenvalue weighted by Gasteiger charge is -2.04. The van der Waals surface area contributed by atoms with Crippen molar-refractivity contribution in [2.45, 2.75) is 6.92 Å². The Kier molecular flexibility index (Phi) is 4.35. The number of hydrogen-bond acceptors (Lipinski definition) is 2. The minimum Gasteiger partial charge on any atom is -0.289 e. The van der Waals surface area contributed by atoms with E-state index in [1.807, 2.05) is 25.1 Å². The van der Waals surface area contributed by atoms with Gasteiger partial charge in [-0.15, -0.1) is 0 Å². The Bertz CT molecular complexity index is 636. The van der Waals surface area contributed by atoms with E-state index in [1.165, 1.54) is 6.08 Å². The fourth-order valence-corrected chi connectivity index (χ4v) is 2.02. The fourth-order valence-electron chi connectivity index (χ4n) is 1.64. The molecule has 0 bridgehead atoms. The van der Waals surface area contributed by atoms with Crippen molar-refractivity contribution in [3.05, 3.63) is 69.5 Å². The second-order valence-electron chi connectivity index (χ2n) is 4.03. The number of pyridine rings is 1. The van der Waals surface area contributed by atoms with Crippen molar-refractivity contribution in [1.29, 1.82) is 0 Å². The summed E-state index contributed by atoms with van der Waals surface area (Å²) < 4.78 is 0. The van der Waals surface area contributed by atoms with E-state index in [4.69, 9.17) is 23.2 Å². The molecule has 19 heavy (non-hydrogen) atoms. The molecule has 1 aromatic heterocycles. The van der Waals surface area contributed by atoms with Crippen LogP contribution in [0.25, 0.3) is 6.08 Å². The number of halogens is 2. The molecule has 2 nitrogen and oxygen atoms in total. The first-order valence-electron chi connectivity index (χ1n) is 5.67. The van der Waals surface area contributed by atoms with E-state index in [2.05, 4.69) is 4.98 Å². The smallest absolute Gasteiger partial charge is 0.186 e. The lowest BCUT2D eigenvalue weighted by molar-refractivity contribution is 0.104. The Morgan fingerprint density at radius 3 is 2.63 bits per heavy atom. The van der Waals surface area contributed by atoms with E-state index in [0.29, 0.717) is 15.6 Å². The molecule has 1 aromatic carbocycles. The van der Waals surface area contributed by atoms with Gasteiger partial charge in [-0.3, -0.25) is 9.78 Å². The third-order valence-corrected chi connectivity index (χ3v) is 3.35. The van der Waals surface area contributed by atoms with E-state index in [-0.39, 0.29) is 5.78 Å². The first-order valence-corrected chi connectivity index (χ1v) is 6.42. The monoisotopic (exact) mass is 291 g/mol. The molecule has 0 N–H and O–H groups in total. The lowest BCUT2D eigenvalue weighted by Crippen LogP contribution is -1.98. The molecule has 1 heterocycles. The SMILES string of the molecule is Cc1cc(Cl)c(Cl)cc1C(=O)C=Cc1ccccn1. The summed E-state index contributed by atoms with van der Waals surface area (Å²) in [5, 5.41) is 0.825. The second kappa shape index (κ2) is 6.00. The zero-order valence-electron chi connectivity index (χ0n) is 10.2. The number of benzene rings is 1. The summed E-state index contributed by atoms with van der Waals surface area (Å²) in [5.74, 6) is -0.123. The number of rotatable bonds is 3. The van der Waals surface area contributed by atoms with E-state index in [0.717, 1.165) is 11.3 Å². The Hall–Kier alpha value is -1.64. The Labute approximate surface area is 121 Å². The molecular formula is C15H11Cl2NO. The quantitative estimate of drug-likeness (QED) is 0.611. The van der Waals surface area contributed by atoms with E-state index < -0.39 is 0 Å². The van der Waals surface area contributed by atoms with E-state index in [1.54, 1.807) is 24.4 Å². The van der Waals surface area contributed by atoms with Gasteiger partial charge in [0.2, 0.25) is 0 Å². The van der Waals surface area contributed by atoms with Gasteiger partial charge < -0.3 is 0 Å². The predicted octanol–water partition coefficient (Wildman–Crippen LogP) is 4.59. The minimum absolute atomic E-state index is 0.123. The second-order valence-corrected chi connectivity index (χ2v) is 4.85. The van der Waals surface area contributed by atoms with Crippen LogP contribution in [0.3, 0.4) is 0 Å². The molecule has 0 saturated carbocycles. The first kappa shape index (κ1) is 13.8. The summed E-state index contributed by atoms with van der Waals surface area (Å²) in [4.78, 5) is 16.2. The maximum atomic E-state index is 12.1. The van der Waals surface area contributed by atoms with Gasteiger partial charge in [-0.05, 0) is 48.9 Å². The Balaban J connectivity index is 2.26. The number of aryl methyl sites for hydroxylation is 1. The van der Waals surface area contributed by atoms with Gasteiger partial charge in [-0.25, -0.2) is 0 Å². The van der Waals surface area contributed by atoms with E-state index in [9.17, 15) is 4.79 Å². The highest BCUT2D eigenvalue weighted by Gasteiger charge is 2.09. The van der Waals surface area contributed by atoms with Crippen LogP contribution in [0.4, 0.5) is 0 Å². The van der Waals surface area contributed by atoms with Gasteiger partial charge in [0.05, 0.1) is 15.7 Å². The van der Waals surface area contributed by atoms with Crippen molar-refractivity contribution in [1.82, 2.24) is 4.98 Å². The van der Waals surface area contributed by atoms with Gasteiger partial charge in [0, 0.05) is 11.8 Å². The highest BCUT2D eigenvalue weighted by molar-refractivity contribution is 6.42. The molecule has 0 saturated heterocycles. The first-order chi connectivity index (χ1) is 9.08. The molecule has 0 aliphatic heterocycles. The zero-order chi connectivity index (χ0) is 13.8. The molecule has 0 aliphatic rings. The molecule has 0 amide bonds. The number of allylic oxidation sites excluding steroid dienone is 1. The third kappa shape index (κ3) is 3.43. The predicted molar refractivity (Wildman–Crippen MR) is 78.8 cm³/mol. The van der Waals surface area contributed by atoms with Crippen LogP contribution >= 0.6 is 23.2 Å². The molecule has 0 fully saturated rings.